The van der Waals surface area contributed by atoms with Gasteiger partial charge in [-0.05, 0) is 24.3 Å². The molecule has 7 heteroatoms. The molecule has 0 spiro atoms. The van der Waals surface area contributed by atoms with E-state index in [2.05, 4.69) is 11.1 Å². The number of hydrogen-bond acceptors (Lipinski definition) is 7. The minimum absolute atomic E-state index is 0.0693. The number of nitrogen functional groups attached to an aromatic ring is 1. The van der Waals surface area contributed by atoms with Crippen LogP contribution in [0.25, 0.3) is 11.3 Å². The number of aromatic nitrogens is 1. The van der Waals surface area contributed by atoms with E-state index in [1.807, 2.05) is 12.1 Å². The summed E-state index contributed by atoms with van der Waals surface area (Å²) in [5.41, 5.74) is 6.66. The second-order valence-corrected chi connectivity index (χ2v) is 5.46. The topological polar surface area (TPSA) is 113 Å². The standard InChI is InChI=1S/C16H10N4O2S/c17-7-11-14(13-4-2-6-22-13)12(8-18)16(20-15(11)19)23-9-10-3-1-5-21-10/h1-6H,9H2,(H2,19,20). The van der Waals surface area contributed by atoms with Crippen molar-refractivity contribution in [3.8, 4) is 23.5 Å². The van der Waals surface area contributed by atoms with Gasteiger partial charge in [0.1, 0.15) is 40.1 Å². The van der Waals surface area contributed by atoms with Crippen LogP contribution in [0.1, 0.15) is 16.9 Å². The Morgan fingerprint density at radius 1 is 1.09 bits per heavy atom. The first-order chi connectivity index (χ1) is 11.2. The first-order valence-corrected chi connectivity index (χ1v) is 7.56. The van der Waals surface area contributed by atoms with E-state index in [4.69, 9.17) is 14.6 Å². The highest BCUT2D eigenvalue weighted by Crippen LogP contribution is 2.36. The van der Waals surface area contributed by atoms with Crippen molar-refractivity contribution in [2.75, 3.05) is 5.73 Å². The Morgan fingerprint density at radius 2 is 1.83 bits per heavy atom. The number of nitrogens with two attached hydrogens (primary N) is 1. The maximum absolute atomic E-state index is 9.55. The Labute approximate surface area is 136 Å². The molecular weight excluding hydrogens is 312 g/mol. The zero-order chi connectivity index (χ0) is 16.2. The SMILES string of the molecule is N#Cc1c(N)nc(SCc2ccco2)c(C#N)c1-c1ccco1. The van der Waals surface area contributed by atoms with Crippen molar-refractivity contribution >= 4 is 17.6 Å². The van der Waals surface area contributed by atoms with Crippen molar-refractivity contribution in [2.45, 2.75) is 10.8 Å². The summed E-state index contributed by atoms with van der Waals surface area (Å²) in [6.07, 6.45) is 3.06. The summed E-state index contributed by atoms with van der Waals surface area (Å²) >= 11 is 1.32. The molecule has 2 N–H and O–H groups in total. The fraction of sp³-hybridized carbons (Fsp3) is 0.0625. The van der Waals surface area contributed by atoms with Gasteiger partial charge in [0.15, 0.2) is 0 Å². The van der Waals surface area contributed by atoms with E-state index in [9.17, 15) is 10.5 Å². The monoisotopic (exact) mass is 322 g/mol. The molecule has 3 rings (SSSR count). The summed E-state index contributed by atoms with van der Waals surface area (Å²) < 4.78 is 10.6. The second kappa shape index (κ2) is 6.30. The number of pyridine rings is 1. The molecule has 0 saturated heterocycles. The second-order valence-electron chi connectivity index (χ2n) is 4.50. The van der Waals surface area contributed by atoms with Crippen LogP contribution in [0.4, 0.5) is 5.82 Å². The van der Waals surface area contributed by atoms with Crippen molar-refractivity contribution in [2.24, 2.45) is 0 Å². The first kappa shape index (κ1) is 14.8. The number of rotatable bonds is 4. The number of furan rings is 2. The fourth-order valence-corrected chi connectivity index (χ4v) is 3.00. The molecule has 0 atom stereocenters. The van der Waals surface area contributed by atoms with Gasteiger partial charge in [0.2, 0.25) is 0 Å². The molecule has 23 heavy (non-hydrogen) atoms. The molecule has 3 aromatic heterocycles. The van der Waals surface area contributed by atoms with Crippen molar-refractivity contribution < 1.29 is 8.83 Å². The third-order valence-electron chi connectivity index (χ3n) is 3.11. The van der Waals surface area contributed by atoms with Crippen LogP contribution < -0.4 is 5.73 Å². The van der Waals surface area contributed by atoms with Crippen LogP contribution in [0, 0.1) is 22.7 Å². The van der Waals surface area contributed by atoms with Crippen LogP contribution >= 0.6 is 11.8 Å². The maximum atomic E-state index is 9.55. The van der Waals surface area contributed by atoms with Crippen LogP contribution in [-0.4, -0.2) is 4.98 Å². The number of nitrogens with zero attached hydrogens (tertiary/aromatic N) is 3. The molecule has 0 radical (unpaired) electrons. The van der Waals surface area contributed by atoms with E-state index in [1.54, 1.807) is 24.5 Å². The zero-order valence-electron chi connectivity index (χ0n) is 11.8. The lowest BCUT2D eigenvalue weighted by atomic mass is 10.0. The summed E-state index contributed by atoms with van der Waals surface area (Å²) in [7, 11) is 0. The number of hydrogen-bond donors (Lipinski definition) is 1. The van der Waals surface area contributed by atoms with Gasteiger partial charge in [0.05, 0.1) is 29.4 Å². The van der Waals surface area contributed by atoms with E-state index in [0.29, 0.717) is 22.1 Å². The lowest BCUT2D eigenvalue weighted by Gasteiger charge is -2.10. The molecule has 0 aliphatic rings. The molecule has 0 saturated carbocycles. The van der Waals surface area contributed by atoms with E-state index in [1.165, 1.54) is 18.0 Å². The smallest absolute Gasteiger partial charge is 0.143 e. The largest absolute Gasteiger partial charge is 0.468 e. The lowest BCUT2D eigenvalue weighted by Crippen LogP contribution is -2.03. The maximum Gasteiger partial charge on any atom is 0.143 e. The summed E-state index contributed by atoms with van der Waals surface area (Å²) in [6, 6.07) is 11.1. The number of thioether (sulfide) groups is 1. The zero-order valence-corrected chi connectivity index (χ0v) is 12.6. The van der Waals surface area contributed by atoms with E-state index >= 15 is 0 Å². The molecule has 112 valence electrons. The first-order valence-electron chi connectivity index (χ1n) is 6.57. The van der Waals surface area contributed by atoms with Gasteiger partial charge in [0.25, 0.3) is 0 Å². The molecule has 0 aliphatic heterocycles. The molecule has 0 unspecified atom stereocenters. The predicted molar refractivity (Wildman–Crippen MR) is 84.1 cm³/mol. The van der Waals surface area contributed by atoms with Gasteiger partial charge in [-0.25, -0.2) is 4.98 Å². The van der Waals surface area contributed by atoms with Gasteiger partial charge in [-0.2, -0.15) is 10.5 Å². The van der Waals surface area contributed by atoms with Gasteiger partial charge < -0.3 is 14.6 Å². The molecular formula is C16H10N4O2S. The highest BCUT2D eigenvalue weighted by molar-refractivity contribution is 7.98. The van der Waals surface area contributed by atoms with Crippen LogP contribution in [0.15, 0.2) is 50.7 Å². The third kappa shape index (κ3) is 2.78. The van der Waals surface area contributed by atoms with Gasteiger partial charge in [-0.15, -0.1) is 0 Å². The molecule has 0 bridgehead atoms. The Morgan fingerprint density at radius 3 is 2.43 bits per heavy atom. The van der Waals surface area contributed by atoms with E-state index < -0.39 is 0 Å². The van der Waals surface area contributed by atoms with E-state index in [0.717, 1.165) is 5.76 Å². The van der Waals surface area contributed by atoms with Gasteiger partial charge in [0, 0.05) is 0 Å². The average Bonchev–Trinajstić information content (AvgIpc) is 3.25. The lowest BCUT2D eigenvalue weighted by molar-refractivity contribution is 0.530. The highest BCUT2D eigenvalue weighted by atomic mass is 32.2. The fourth-order valence-electron chi connectivity index (χ4n) is 2.10. The minimum Gasteiger partial charge on any atom is -0.468 e. The highest BCUT2D eigenvalue weighted by Gasteiger charge is 2.22. The van der Waals surface area contributed by atoms with Crippen molar-refractivity contribution in [1.29, 1.82) is 10.5 Å². The molecule has 3 aromatic rings. The Kier molecular flexibility index (Phi) is 4.05. The third-order valence-corrected chi connectivity index (χ3v) is 4.11. The van der Waals surface area contributed by atoms with Gasteiger partial charge in [-0.3, -0.25) is 0 Å². The van der Waals surface area contributed by atoms with Gasteiger partial charge in [-0.1, -0.05) is 11.8 Å². The van der Waals surface area contributed by atoms with Crippen LogP contribution in [-0.2, 0) is 5.75 Å². The number of nitriles is 2. The summed E-state index contributed by atoms with van der Waals surface area (Å²) in [5.74, 6) is 1.73. The average molecular weight is 322 g/mol. The van der Waals surface area contributed by atoms with Crippen molar-refractivity contribution in [3.63, 3.8) is 0 Å². The quantitative estimate of drug-likeness (QED) is 0.731. The summed E-state index contributed by atoms with van der Waals surface area (Å²) in [4.78, 5) is 4.20. The Balaban J connectivity index is 2.10. The molecule has 0 aromatic carbocycles. The Hall–Kier alpha value is -3.16. The van der Waals surface area contributed by atoms with Crippen LogP contribution in [0.5, 0.6) is 0 Å². The van der Waals surface area contributed by atoms with Crippen molar-refractivity contribution in [3.05, 3.63) is 53.7 Å². The Bertz CT molecular complexity index is 903. The van der Waals surface area contributed by atoms with Crippen LogP contribution in [0.3, 0.4) is 0 Å². The predicted octanol–water partition coefficient (Wildman–Crippen LogP) is 3.55. The van der Waals surface area contributed by atoms with Crippen molar-refractivity contribution in [1.82, 2.24) is 4.98 Å². The van der Waals surface area contributed by atoms with Gasteiger partial charge >= 0.3 is 0 Å². The summed E-state index contributed by atoms with van der Waals surface area (Å²) in [5, 5.41) is 19.3. The molecule has 0 aliphatic carbocycles. The molecule has 6 nitrogen and oxygen atoms in total. The normalized spacial score (nSPS) is 10.2. The van der Waals surface area contributed by atoms with Crippen LogP contribution in [0.2, 0.25) is 0 Å². The van der Waals surface area contributed by atoms with E-state index in [-0.39, 0.29) is 16.9 Å². The molecule has 3 heterocycles. The number of anilines is 1. The summed E-state index contributed by atoms with van der Waals surface area (Å²) in [6.45, 7) is 0. The molecule has 0 fully saturated rings. The molecule has 0 amide bonds. The minimum atomic E-state index is 0.0693.